The van der Waals surface area contributed by atoms with Gasteiger partial charge in [-0.05, 0) is 51.0 Å². The molecule has 1 saturated heterocycles. The third-order valence-electron chi connectivity index (χ3n) is 3.66. The van der Waals surface area contributed by atoms with Crippen molar-refractivity contribution >= 4 is 23.3 Å². The Balaban J connectivity index is 1.92. The number of ether oxygens (including phenoxy) is 1. The molecule has 7 heteroatoms. The van der Waals surface area contributed by atoms with Crippen LogP contribution in [0.1, 0.15) is 26.7 Å². The van der Waals surface area contributed by atoms with Crippen LogP contribution in [0.4, 0.5) is 16.2 Å². The SMILES string of the molecule is CC(C)NC(=O)Nc1ccc(NC(=O)C2(N)CCOCC2)cc1. The molecule has 5 N–H and O–H groups in total. The van der Waals surface area contributed by atoms with E-state index in [1.165, 1.54) is 0 Å². The first kappa shape index (κ1) is 17.2. The molecule has 7 nitrogen and oxygen atoms in total. The first-order valence-corrected chi connectivity index (χ1v) is 7.75. The normalized spacial score (nSPS) is 16.7. The fourth-order valence-electron chi connectivity index (χ4n) is 2.28. The molecule has 23 heavy (non-hydrogen) atoms. The van der Waals surface area contributed by atoms with Crippen LogP contribution in [0, 0.1) is 0 Å². The van der Waals surface area contributed by atoms with Crippen LogP contribution in [-0.2, 0) is 9.53 Å². The largest absolute Gasteiger partial charge is 0.381 e. The van der Waals surface area contributed by atoms with Gasteiger partial charge in [0, 0.05) is 30.6 Å². The number of amides is 3. The smallest absolute Gasteiger partial charge is 0.319 e. The van der Waals surface area contributed by atoms with Crippen LogP contribution in [0.2, 0.25) is 0 Å². The van der Waals surface area contributed by atoms with E-state index in [-0.39, 0.29) is 18.0 Å². The van der Waals surface area contributed by atoms with Gasteiger partial charge in [0.25, 0.3) is 0 Å². The molecule has 1 aromatic rings. The van der Waals surface area contributed by atoms with Gasteiger partial charge in [0.2, 0.25) is 5.91 Å². The summed E-state index contributed by atoms with van der Waals surface area (Å²) in [5.41, 5.74) is 6.54. The van der Waals surface area contributed by atoms with E-state index in [1.54, 1.807) is 24.3 Å². The monoisotopic (exact) mass is 320 g/mol. The van der Waals surface area contributed by atoms with Crippen LogP contribution in [0.15, 0.2) is 24.3 Å². The summed E-state index contributed by atoms with van der Waals surface area (Å²) in [6.45, 7) is 4.77. The third kappa shape index (κ3) is 4.94. The zero-order valence-corrected chi connectivity index (χ0v) is 13.5. The maximum atomic E-state index is 12.3. The van der Waals surface area contributed by atoms with Gasteiger partial charge < -0.3 is 26.4 Å². The van der Waals surface area contributed by atoms with Crippen molar-refractivity contribution in [3.05, 3.63) is 24.3 Å². The van der Waals surface area contributed by atoms with Gasteiger partial charge in [-0.25, -0.2) is 4.79 Å². The van der Waals surface area contributed by atoms with Gasteiger partial charge >= 0.3 is 6.03 Å². The Kier molecular flexibility index (Phi) is 5.57. The lowest BCUT2D eigenvalue weighted by Crippen LogP contribution is -2.54. The Bertz CT molecular complexity index is 551. The van der Waals surface area contributed by atoms with E-state index in [0.717, 1.165) is 0 Å². The van der Waals surface area contributed by atoms with Gasteiger partial charge in [-0.1, -0.05) is 0 Å². The highest BCUT2D eigenvalue weighted by Gasteiger charge is 2.35. The summed E-state index contributed by atoms with van der Waals surface area (Å²) in [7, 11) is 0. The van der Waals surface area contributed by atoms with Crippen LogP contribution in [0.25, 0.3) is 0 Å². The summed E-state index contributed by atoms with van der Waals surface area (Å²) in [6, 6.07) is 6.70. The maximum absolute atomic E-state index is 12.3. The number of urea groups is 1. The Morgan fingerprint density at radius 1 is 1.09 bits per heavy atom. The number of hydrogen-bond donors (Lipinski definition) is 4. The Labute approximate surface area is 136 Å². The lowest BCUT2D eigenvalue weighted by molar-refractivity contribution is -0.124. The van der Waals surface area contributed by atoms with Gasteiger partial charge in [0.05, 0.1) is 0 Å². The molecule has 1 fully saturated rings. The van der Waals surface area contributed by atoms with E-state index in [9.17, 15) is 9.59 Å². The van der Waals surface area contributed by atoms with Crippen molar-refractivity contribution < 1.29 is 14.3 Å². The van der Waals surface area contributed by atoms with E-state index in [0.29, 0.717) is 37.4 Å². The zero-order chi connectivity index (χ0) is 16.9. The van der Waals surface area contributed by atoms with E-state index in [2.05, 4.69) is 16.0 Å². The quantitative estimate of drug-likeness (QED) is 0.677. The van der Waals surface area contributed by atoms with E-state index < -0.39 is 5.54 Å². The molecule has 1 aromatic carbocycles. The number of benzene rings is 1. The van der Waals surface area contributed by atoms with Gasteiger partial charge in [-0.15, -0.1) is 0 Å². The predicted molar refractivity (Wildman–Crippen MR) is 89.3 cm³/mol. The zero-order valence-electron chi connectivity index (χ0n) is 13.5. The highest BCUT2D eigenvalue weighted by atomic mass is 16.5. The molecule has 1 heterocycles. The van der Waals surface area contributed by atoms with Crippen molar-refractivity contribution in [1.82, 2.24) is 5.32 Å². The van der Waals surface area contributed by atoms with Crippen molar-refractivity contribution in [2.45, 2.75) is 38.3 Å². The molecule has 0 aliphatic carbocycles. The first-order valence-electron chi connectivity index (χ1n) is 7.75. The van der Waals surface area contributed by atoms with Crippen molar-refractivity contribution in [2.75, 3.05) is 23.8 Å². The van der Waals surface area contributed by atoms with Crippen molar-refractivity contribution in [1.29, 1.82) is 0 Å². The minimum absolute atomic E-state index is 0.0637. The average Bonchev–Trinajstić information content (AvgIpc) is 2.49. The van der Waals surface area contributed by atoms with E-state index in [4.69, 9.17) is 10.5 Å². The number of nitrogens with one attached hydrogen (secondary N) is 3. The topological polar surface area (TPSA) is 105 Å². The molecule has 126 valence electrons. The second-order valence-electron chi connectivity index (χ2n) is 6.05. The standard InChI is InChI=1S/C16H24N4O3/c1-11(2)18-15(22)20-13-5-3-12(4-6-13)19-14(21)16(17)7-9-23-10-8-16/h3-6,11H,7-10,17H2,1-2H3,(H,19,21)(H2,18,20,22). The molecule has 3 amide bonds. The van der Waals surface area contributed by atoms with Gasteiger partial charge in [-0.3, -0.25) is 4.79 Å². The molecular formula is C16H24N4O3. The lowest BCUT2D eigenvalue weighted by Gasteiger charge is -2.31. The maximum Gasteiger partial charge on any atom is 0.319 e. The van der Waals surface area contributed by atoms with Crippen LogP contribution in [0.5, 0.6) is 0 Å². The van der Waals surface area contributed by atoms with Gasteiger partial charge in [0.1, 0.15) is 5.54 Å². The molecule has 0 aromatic heterocycles. The van der Waals surface area contributed by atoms with E-state index in [1.807, 2.05) is 13.8 Å². The summed E-state index contributed by atoms with van der Waals surface area (Å²) in [5.74, 6) is -0.209. The highest BCUT2D eigenvalue weighted by molar-refractivity contribution is 5.98. The summed E-state index contributed by atoms with van der Waals surface area (Å²) < 4.78 is 5.24. The summed E-state index contributed by atoms with van der Waals surface area (Å²) in [6.07, 6.45) is 1.02. The fraction of sp³-hybridized carbons (Fsp3) is 0.500. The molecule has 0 unspecified atom stereocenters. The Morgan fingerprint density at radius 3 is 2.13 bits per heavy atom. The summed E-state index contributed by atoms with van der Waals surface area (Å²) >= 11 is 0. The first-order chi connectivity index (χ1) is 10.9. The van der Waals surface area contributed by atoms with Crippen molar-refractivity contribution in [3.8, 4) is 0 Å². The molecule has 1 aliphatic rings. The van der Waals surface area contributed by atoms with Crippen LogP contribution in [-0.4, -0.2) is 36.7 Å². The lowest BCUT2D eigenvalue weighted by atomic mass is 9.90. The third-order valence-corrected chi connectivity index (χ3v) is 3.66. The van der Waals surface area contributed by atoms with Crippen LogP contribution in [0.3, 0.4) is 0 Å². The predicted octanol–water partition coefficient (Wildman–Crippen LogP) is 1.66. The Hall–Kier alpha value is -2.12. The average molecular weight is 320 g/mol. The number of rotatable bonds is 4. The van der Waals surface area contributed by atoms with Crippen molar-refractivity contribution in [3.63, 3.8) is 0 Å². The molecule has 0 spiro atoms. The number of nitrogens with two attached hydrogens (primary N) is 1. The van der Waals surface area contributed by atoms with Crippen LogP contribution < -0.4 is 21.7 Å². The second kappa shape index (κ2) is 7.43. The minimum atomic E-state index is -0.883. The van der Waals surface area contributed by atoms with Crippen LogP contribution >= 0.6 is 0 Å². The highest BCUT2D eigenvalue weighted by Crippen LogP contribution is 2.21. The molecule has 0 bridgehead atoms. The number of hydrogen-bond acceptors (Lipinski definition) is 4. The molecular weight excluding hydrogens is 296 g/mol. The van der Waals surface area contributed by atoms with E-state index >= 15 is 0 Å². The molecule has 1 aliphatic heterocycles. The molecule has 2 rings (SSSR count). The van der Waals surface area contributed by atoms with Gasteiger partial charge in [0.15, 0.2) is 0 Å². The van der Waals surface area contributed by atoms with Gasteiger partial charge in [-0.2, -0.15) is 0 Å². The number of carbonyl (C=O) groups excluding carboxylic acids is 2. The summed E-state index contributed by atoms with van der Waals surface area (Å²) in [4.78, 5) is 23.9. The molecule has 0 saturated carbocycles. The minimum Gasteiger partial charge on any atom is -0.381 e. The number of anilines is 2. The number of carbonyl (C=O) groups is 2. The summed E-state index contributed by atoms with van der Waals surface area (Å²) in [5, 5.41) is 8.28. The van der Waals surface area contributed by atoms with Crippen molar-refractivity contribution in [2.24, 2.45) is 5.73 Å². The second-order valence-corrected chi connectivity index (χ2v) is 6.05. The molecule has 0 radical (unpaired) electrons. The molecule has 0 atom stereocenters. The Morgan fingerprint density at radius 2 is 1.61 bits per heavy atom. The fourth-order valence-corrected chi connectivity index (χ4v) is 2.28.